The standard InChI is InChI=1S/C17H14FN3O4/c1-20-9-12(16(23)21(2)17(20)24)19-15(22)14-8-7-13(25-14)10-5-3-4-6-11(10)18/h3-9H,1-2H3,(H,19,22). The Balaban J connectivity index is 1.90. The molecule has 0 bridgehead atoms. The molecule has 0 saturated heterocycles. The maximum atomic E-state index is 13.8. The van der Waals surface area contributed by atoms with Gasteiger partial charge < -0.3 is 14.3 Å². The summed E-state index contributed by atoms with van der Waals surface area (Å²) in [6.45, 7) is 0. The van der Waals surface area contributed by atoms with Gasteiger partial charge in [0, 0.05) is 20.3 Å². The molecule has 0 radical (unpaired) electrons. The van der Waals surface area contributed by atoms with Gasteiger partial charge in [0.1, 0.15) is 17.3 Å². The third-order valence-electron chi connectivity index (χ3n) is 3.66. The molecule has 3 aromatic rings. The van der Waals surface area contributed by atoms with E-state index in [1.807, 2.05) is 0 Å². The van der Waals surface area contributed by atoms with Crippen molar-refractivity contribution in [3.8, 4) is 11.3 Å². The number of furan rings is 1. The fraction of sp³-hybridized carbons (Fsp3) is 0.118. The lowest BCUT2D eigenvalue weighted by molar-refractivity contribution is 0.0997. The van der Waals surface area contributed by atoms with E-state index < -0.39 is 23.0 Å². The van der Waals surface area contributed by atoms with Gasteiger partial charge in [-0.15, -0.1) is 0 Å². The molecular formula is C17H14FN3O4. The third kappa shape index (κ3) is 3.01. The van der Waals surface area contributed by atoms with Crippen molar-refractivity contribution in [2.24, 2.45) is 14.1 Å². The topological polar surface area (TPSA) is 86.2 Å². The number of hydrogen-bond acceptors (Lipinski definition) is 4. The molecular weight excluding hydrogens is 329 g/mol. The summed E-state index contributed by atoms with van der Waals surface area (Å²) in [6.07, 6.45) is 1.23. The molecule has 0 aliphatic carbocycles. The Bertz CT molecular complexity index is 1080. The van der Waals surface area contributed by atoms with Gasteiger partial charge in [0.25, 0.3) is 11.5 Å². The maximum absolute atomic E-state index is 13.8. The zero-order chi connectivity index (χ0) is 18.1. The summed E-state index contributed by atoms with van der Waals surface area (Å²) in [4.78, 5) is 36.0. The fourth-order valence-electron chi connectivity index (χ4n) is 2.34. The predicted octanol–water partition coefficient (Wildman–Crippen LogP) is 1.74. The van der Waals surface area contributed by atoms with Crippen LogP contribution in [0.4, 0.5) is 10.1 Å². The van der Waals surface area contributed by atoms with Crippen molar-refractivity contribution >= 4 is 11.6 Å². The number of rotatable bonds is 3. The van der Waals surface area contributed by atoms with E-state index in [2.05, 4.69) is 5.32 Å². The minimum Gasteiger partial charge on any atom is -0.451 e. The molecule has 3 rings (SSSR count). The molecule has 1 aromatic carbocycles. The number of nitrogens with one attached hydrogen (secondary N) is 1. The van der Waals surface area contributed by atoms with Crippen LogP contribution in [0.5, 0.6) is 0 Å². The van der Waals surface area contributed by atoms with Crippen LogP contribution in [0, 0.1) is 5.82 Å². The SMILES string of the molecule is Cn1cc(NC(=O)c2ccc(-c3ccccc3F)o2)c(=O)n(C)c1=O. The molecule has 7 nitrogen and oxygen atoms in total. The lowest BCUT2D eigenvalue weighted by atomic mass is 10.1. The second kappa shape index (κ2) is 6.23. The Morgan fingerprint density at radius 2 is 1.84 bits per heavy atom. The fourth-order valence-corrected chi connectivity index (χ4v) is 2.34. The van der Waals surface area contributed by atoms with Gasteiger partial charge in [0.2, 0.25) is 0 Å². The van der Waals surface area contributed by atoms with Crippen molar-refractivity contribution < 1.29 is 13.6 Å². The minimum absolute atomic E-state index is 0.0709. The van der Waals surface area contributed by atoms with Crippen molar-refractivity contribution in [1.29, 1.82) is 0 Å². The molecule has 0 atom stereocenters. The highest BCUT2D eigenvalue weighted by molar-refractivity contribution is 6.02. The number of amides is 1. The van der Waals surface area contributed by atoms with E-state index in [0.29, 0.717) is 0 Å². The Morgan fingerprint density at radius 1 is 1.12 bits per heavy atom. The van der Waals surface area contributed by atoms with Crippen LogP contribution in [0.2, 0.25) is 0 Å². The molecule has 2 aromatic heterocycles. The molecule has 25 heavy (non-hydrogen) atoms. The number of nitrogens with zero attached hydrogens (tertiary/aromatic N) is 2. The lowest BCUT2D eigenvalue weighted by Crippen LogP contribution is -2.38. The quantitative estimate of drug-likeness (QED) is 0.785. The smallest absolute Gasteiger partial charge is 0.330 e. The summed E-state index contributed by atoms with van der Waals surface area (Å²) in [5, 5.41) is 2.40. The van der Waals surface area contributed by atoms with Crippen LogP contribution in [0.3, 0.4) is 0 Å². The van der Waals surface area contributed by atoms with Gasteiger partial charge in [-0.2, -0.15) is 0 Å². The van der Waals surface area contributed by atoms with E-state index in [9.17, 15) is 18.8 Å². The first-order valence-corrected chi connectivity index (χ1v) is 7.31. The highest BCUT2D eigenvalue weighted by atomic mass is 19.1. The van der Waals surface area contributed by atoms with Gasteiger partial charge in [0.05, 0.1) is 5.56 Å². The largest absolute Gasteiger partial charge is 0.451 e. The number of carbonyl (C=O) groups is 1. The van der Waals surface area contributed by atoms with Crippen LogP contribution < -0.4 is 16.6 Å². The first-order valence-electron chi connectivity index (χ1n) is 7.31. The second-order valence-corrected chi connectivity index (χ2v) is 5.40. The molecule has 1 amide bonds. The average Bonchev–Trinajstić information content (AvgIpc) is 3.08. The van der Waals surface area contributed by atoms with Crippen molar-refractivity contribution in [2.75, 3.05) is 5.32 Å². The summed E-state index contributed by atoms with van der Waals surface area (Å²) < 4.78 is 21.2. The molecule has 2 heterocycles. The van der Waals surface area contributed by atoms with Crippen molar-refractivity contribution in [1.82, 2.24) is 9.13 Å². The first-order chi connectivity index (χ1) is 11.9. The minimum atomic E-state index is -0.682. The zero-order valence-corrected chi connectivity index (χ0v) is 13.4. The van der Waals surface area contributed by atoms with Crippen LogP contribution in [0.25, 0.3) is 11.3 Å². The van der Waals surface area contributed by atoms with E-state index in [1.54, 1.807) is 12.1 Å². The van der Waals surface area contributed by atoms with E-state index in [-0.39, 0.29) is 22.8 Å². The molecule has 0 aliphatic rings. The van der Waals surface area contributed by atoms with Gasteiger partial charge in [-0.1, -0.05) is 12.1 Å². The number of benzene rings is 1. The molecule has 0 fully saturated rings. The second-order valence-electron chi connectivity index (χ2n) is 5.40. The van der Waals surface area contributed by atoms with Crippen LogP contribution in [0.15, 0.2) is 56.6 Å². The van der Waals surface area contributed by atoms with Crippen LogP contribution in [-0.4, -0.2) is 15.0 Å². The molecule has 8 heteroatoms. The Kier molecular flexibility index (Phi) is 4.10. The maximum Gasteiger partial charge on any atom is 0.330 e. The van der Waals surface area contributed by atoms with Crippen LogP contribution in [-0.2, 0) is 14.1 Å². The molecule has 0 aliphatic heterocycles. The van der Waals surface area contributed by atoms with Crippen LogP contribution >= 0.6 is 0 Å². The molecule has 0 unspecified atom stereocenters. The molecule has 1 N–H and O–H groups in total. The third-order valence-corrected chi connectivity index (χ3v) is 3.66. The Hall–Kier alpha value is -3.42. The van der Waals surface area contributed by atoms with Crippen molar-refractivity contribution in [3.63, 3.8) is 0 Å². The number of aromatic nitrogens is 2. The van der Waals surface area contributed by atoms with Crippen molar-refractivity contribution in [3.05, 3.63) is 75.0 Å². The van der Waals surface area contributed by atoms with Gasteiger partial charge in [0.15, 0.2) is 5.76 Å². The normalized spacial score (nSPS) is 10.7. The molecule has 0 spiro atoms. The van der Waals surface area contributed by atoms with E-state index in [0.717, 1.165) is 4.57 Å². The summed E-state index contributed by atoms with van der Waals surface area (Å²) >= 11 is 0. The number of carbonyl (C=O) groups excluding carboxylic acids is 1. The van der Waals surface area contributed by atoms with Gasteiger partial charge in [-0.3, -0.25) is 14.2 Å². The molecule has 128 valence electrons. The Labute approximate surface area is 140 Å². The average molecular weight is 343 g/mol. The summed E-state index contributed by atoms with van der Waals surface area (Å²) in [6, 6.07) is 8.85. The zero-order valence-electron chi connectivity index (χ0n) is 13.4. The number of hydrogen-bond donors (Lipinski definition) is 1. The van der Waals surface area contributed by atoms with E-state index >= 15 is 0 Å². The summed E-state index contributed by atoms with van der Waals surface area (Å²) in [5.41, 5.74) is -1.00. The number of anilines is 1. The van der Waals surface area contributed by atoms with Gasteiger partial charge in [-0.05, 0) is 24.3 Å². The molecule has 0 saturated carbocycles. The summed E-state index contributed by atoms with van der Waals surface area (Å²) in [5.74, 6) is -1.06. The monoisotopic (exact) mass is 343 g/mol. The van der Waals surface area contributed by atoms with Crippen molar-refractivity contribution in [2.45, 2.75) is 0 Å². The van der Waals surface area contributed by atoms with Crippen LogP contribution in [0.1, 0.15) is 10.6 Å². The first kappa shape index (κ1) is 16.4. The number of halogens is 1. The summed E-state index contributed by atoms with van der Waals surface area (Å²) in [7, 11) is 2.77. The predicted molar refractivity (Wildman–Crippen MR) is 89.0 cm³/mol. The number of aryl methyl sites for hydroxylation is 1. The van der Waals surface area contributed by atoms with Gasteiger partial charge in [-0.25, -0.2) is 9.18 Å². The Morgan fingerprint density at radius 3 is 2.56 bits per heavy atom. The van der Waals surface area contributed by atoms with Gasteiger partial charge >= 0.3 is 5.69 Å². The lowest BCUT2D eigenvalue weighted by Gasteiger charge is -2.07. The van der Waals surface area contributed by atoms with E-state index in [1.165, 1.54) is 49.1 Å². The van der Waals surface area contributed by atoms with E-state index in [4.69, 9.17) is 4.42 Å². The highest BCUT2D eigenvalue weighted by Gasteiger charge is 2.16. The highest BCUT2D eigenvalue weighted by Crippen LogP contribution is 2.25.